The molecule has 3 rings (SSSR count). The van der Waals surface area contributed by atoms with E-state index in [1.165, 1.54) is 11.3 Å². The molecule has 0 bridgehead atoms. The Bertz CT molecular complexity index is 696. The summed E-state index contributed by atoms with van der Waals surface area (Å²) >= 11 is 1.45. The Morgan fingerprint density at radius 2 is 2.08 bits per heavy atom. The zero-order valence-corrected chi connectivity index (χ0v) is 15.9. The number of unbranched alkanes of at least 4 members (excludes halogenated alkanes) is 1. The molecule has 1 saturated heterocycles. The summed E-state index contributed by atoms with van der Waals surface area (Å²) in [5, 5.41) is 5.49. The summed E-state index contributed by atoms with van der Waals surface area (Å²) in [6, 6.07) is 7.21. The molecule has 0 saturated carbocycles. The van der Waals surface area contributed by atoms with Gasteiger partial charge in [-0.05, 0) is 30.7 Å². The largest absolute Gasteiger partial charge is 0.494 e. The van der Waals surface area contributed by atoms with Crippen LogP contribution >= 0.6 is 11.3 Å². The van der Waals surface area contributed by atoms with Crippen molar-refractivity contribution in [1.82, 2.24) is 9.88 Å². The maximum Gasteiger partial charge on any atom is 0.257 e. The molecule has 1 aliphatic heterocycles. The molecule has 0 unspecified atom stereocenters. The summed E-state index contributed by atoms with van der Waals surface area (Å²) in [6.07, 6.45) is 2.13. The monoisotopic (exact) mass is 375 g/mol. The molecule has 0 spiro atoms. The van der Waals surface area contributed by atoms with Crippen molar-refractivity contribution in [2.24, 2.45) is 0 Å². The average molecular weight is 375 g/mol. The second-order valence-electron chi connectivity index (χ2n) is 6.21. The number of carbonyl (C=O) groups excluding carboxylic acids is 1. The average Bonchev–Trinajstić information content (AvgIpc) is 3.10. The van der Waals surface area contributed by atoms with Gasteiger partial charge in [0.1, 0.15) is 5.75 Å². The highest BCUT2D eigenvalue weighted by Gasteiger charge is 2.14. The predicted molar refractivity (Wildman–Crippen MR) is 103 cm³/mol. The number of morpholine rings is 1. The molecule has 0 radical (unpaired) electrons. The smallest absolute Gasteiger partial charge is 0.257 e. The summed E-state index contributed by atoms with van der Waals surface area (Å²) in [5.41, 5.74) is 1.57. The van der Waals surface area contributed by atoms with Crippen LogP contribution in [0.2, 0.25) is 0 Å². The SMILES string of the molecule is CCCCOc1ccc(C(=O)Nc2nc(CN3CCOCC3)cs2)cc1. The standard InChI is InChI=1S/C19H25N3O3S/c1-2-3-10-25-17-6-4-15(5-7-17)18(23)21-19-20-16(14-26-19)13-22-8-11-24-12-9-22/h4-7,14H,2-3,8-13H2,1H3,(H,20,21,23). The van der Waals surface area contributed by atoms with E-state index in [1.807, 2.05) is 17.5 Å². The molecule has 6 nitrogen and oxygen atoms in total. The highest BCUT2D eigenvalue weighted by atomic mass is 32.1. The summed E-state index contributed by atoms with van der Waals surface area (Å²) in [6.45, 7) is 7.00. The third-order valence-electron chi connectivity index (χ3n) is 4.14. The lowest BCUT2D eigenvalue weighted by molar-refractivity contribution is 0.0337. The fraction of sp³-hybridized carbons (Fsp3) is 0.474. The van der Waals surface area contributed by atoms with Gasteiger partial charge in [0.05, 0.1) is 25.5 Å². The van der Waals surface area contributed by atoms with Crippen LogP contribution in [0.15, 0.2) is 29.6 Å². The number of hydrogen-bond acceptors (Lipinski definition) is 6. The second kappa shape index (κ2) is 9.66. The molecule has 0 atom stereocenters. The summed E-state index contributed by atoms with van der Waals surface area (Å²) < 4.78 is 11.0. The molecular formula is C19H25N3O3S. The Morgan fingerprint density at radius 1 is 1.31 bits per heavy atom. The molecule has 2 heterocycles. The van der Waals surface area contributed by atoms with Crippen LogP contribution in [0.4, 0.5) is 5.13 Å². The third kappa shape index (κ3) is 5.52. The second-order valence-corrected chi connectivity index (χ2v) is 7.07. The molecule has 140 valence electrons. The lowest BCUT2D eigenvalue weighted by atomic mass is 10.2. The predicted octanol–water partition coefficient (Wildman–Crippen LogP) is 3.41. The van der Waals surface area contributed by atoms with E-state index in [1.54, 1.807) is 12.1 Å². The van der Waals surface area contributed by atoms with Crippen LogP contribution in [0.1, 0.15) is 35.8 Å². The van der Waals surface area contributed by atoms with Crippen molar-refractivity contribution in [1.29, 1.82) is 0 Å². The molecule has 1 aromatic heterocycles. The Labute approximate surface area is 158 Å². The van der Waals surface area contributed by atoms with Crippen molar-refractivity contribution in [3.05, 3.63) is 40.9 Å². The van der Waals surface area contributed by atoms with Gasteiger partial charge in [0.25, 0.3) is 5.91 Å². The normalized spacial score (nSPS) is 15.0. The number of carbonyl (C=O) groups is 1. The van der Waals surface area contributed by atoms with E-state index in [-0.39, 0.29) is 5.91 Å². The highest BCUT2D eigenvalue weighted by molar-refractivity contribution is 7.13. The minimum Gasteiger partial charge on any atom is -0.494 e. The number of ether oxygens (including phenoxy) is 2. The van der Waals surface area contributed by atoms with Crippen LogP contribution in [0.5, 0.6) is 5.75 Å². The molecule has 7 heteroatoms. The summed E-state index contributed by atoms with van der Waals surface area (Å²) in [5.74, 6) is 0.634. The molecule has 26 heavy (non-hydrogen) atoms. The molecule has 1 aromatic carbocycles. The zero-order chi connectivity index (χ0) is 18.2. The van der Waals surface area contributed by atoms with Gasteiger partial charge in [-0.1, -0.05) is 13.3 Å². The Morgan fingerprint density at radius 3 is 2.81 bits per heavy atom. The van der Waals surface area contributed by atoms with E-state index in [9.17, 15) is 4.79 Å². The number of rotatable bonds is 8. The van der Waals surface area contributed by atoms with E-state index in [0.29, 0.717) is 17.3 Å². The van der Waals surface area contributed by atoms with Crippen LogP contribution in [-0.2, 0) is 11.3 Å². The lowest BCUT2D eigenvalue weighted by Gasteiger charge is -2.25. The first-order chi connectivity index (χ1) is 12.7. The van der Waals surface area contributed by atoms with Crippen molar-refractivity contribution in [3.8, 4) is 5.75 Å². The maximum absolute atomic E-state index is 12.4. The molecule has 2 aromatic rings. The molecule has 1 fully saturated rings. The summed E-state index contributed by atoms with van der Waals surface area (Å²) in [7, 11) is 0. The van der Waals surface area contributed by atoms with E-state index in [4.69, 9.17) is 9.47 Å². The van der Waals surface area contributed by atoms with Gasteiger partial charge in [-0.3, -0.25) is 15.0 Å². The van der Waals surface area contributed by atoms with Gasteiger partial charge in [-0.25, -0.2) is 4.98 Å². The number of nitrogens with one attached hydrogen (secondary N) is 1. The van der Waals surface area contributed by atoms with Crippen molar-refractivity contribution in [2.75, 3.05) is 38.2 Å². The summed E-state index contributed by atoms with van der Waals surface area (Å²) in [4.78, 5) is 19.2. The van der Waals surface area contributed by atoms with Gasteiger partial charge < -0.3 is 9.47 Å². The van der Waals surface area contributed by atoms with Gasteiger partial charge in [0, 0.05) is 30.6 Å². The van der Waals surface area contributed by atoms with Crippen molar-refractivity contribution >= 4 is 22.4 Å². The third-order valence-corrected chi connectivity index (χ3v) is 4.95. The van der Waals surface area contributed by atoms with Crippen molar-refractivity contribution < 1.29 is 14.3 Å². The first-order valence-corrected chi connectivity index (χ1v) is 9.91. The maximum atomic E-state index is 12.4. The number of benzene rings is 1. The number of amides is 1. The number of nitrogens with zero attached hydrogens (tertiary/aromatic N) is 2. The van der Waals surface area contributed by atoms with Crippen LogP contribution in [-0.4, -0.2) is 48.7 Å². The Kier molecular flexibility index (Phi) is 6.99. The van der Waals surface area contributed by atoms with Gasteiger partial charge in [-0.2, -0.15) is 0 Å². The van der Waals surface area contributed by atoms with Crippen LogP contribution in [0.25, 0.3) is 0 Å². The van der Waals surface area contributed by atoms with Crippen LogP contribution < -0.4 is 10.1 Å². The molecule has 0 aliphatic carbocycles. The van der Waals surface area contributed by atoms with Crippen molar-refractivity contribution in [2.45, 2.75) is 26.3 Å². The van der Waals surface area contributed by atoms with Gasteiger partial charge in [0.15, 0.2) is 5.13 Å². The first-order valence-electron chi connectivity index (χ1n) is 9.03. The van der Waals surface area contributed by atoms with E-state index < -0.39 is 0 Å². The van der Waals surface area contributed by atoms with E-state index in [2.05, 4.69) is 22.1 Å². The van der Waals surface area contributed by atoms with Gasteiger partial charge in [0.2, 0.25) is 0 Å². The van der Waals surface area contributed by atoms with E-state index >= 15 is 0 Å². The number of aromatic nitrogens is 1. The fourth-order valence-corrected chi connectivity index (χ4v) is 3.33. The molecule has 1 amide bonds. The van der Waals surface area contributed by atoms with Crippen molar-refractivity contribution in [3.63, 3.8) is 0 Å². The number of anilines is 1. The van der Waals surface area contributed by atoms with Gasteiger partial charge >= 0.3 is 0 Å². The molecular weight excluding hydrogens is 350 g/mol. The van der Waals surface area contributed by atoms with Crippen LogP contribution in [0, 0.1) is 0 Å². The Balaban J connectivity index is 1.51. The zero-order valence-electron chi connectivity index (χ0n) is 15.1. The molecule has 1 aliphatic rings. The fourth-order valence-electron chi connectivity index (χ4n) is 2.63. The van der Waals surface area contributed by atoms with E-state index in [0.717, 1.165) is 57.1 Å². The van der Waals surface area contributed by atoms with Gasteiger partial charge in [-0.15, -0.1) is 11.3 Å². The quantitative estimate of drug-likeness (QED) is 0.717. The number of hydrogen-bond donors (Lipinski definition) is 1. The lowest BCUT2D eigenvalue weighted by Crippen LogP contribution is -2.35. The topological polar surface area (TPSA) is 63.7 Å². The number of thiazole rings is 1. The Hall–Kier alpha value is -1.96. The molecule has 1 N–H and O–H groups in total. The van der Waals surface area contributed by atoms with Crippen LogP contribution in [0.3, 0.4) is 0 Å². The first kappa shape index (κ1) is 18.8. The minimum atomic E-state index is -0.155. The highest BCUT2D eigenvalue weighted by Crippen LogP contribution is 2.19. The minimum absolute atomic E-state index is 0.155.